The molecule has 13 heavy (non-hydrogen) atoms. The molecule has 0 aliphatic carbocycles. The Hall–Kier alpha value is -0.890. The molecule has 1 N–H and O–H groups in total. The molecular weight excluding hydrogens is 160 g/mol. The van der Waals surface area contributed by atoms with Crippen LogP contribution < -0.4 is 5.32 Å². The molecule has 1 aliphatic rings. The lowest BCUT2D eigenvalue weighted by Crippen LogP contribution is -2.32. The third-order valence-electron chi connectivity index (χ3n) is 2.81. The lowest BCUT2D eigenvalue weighted by atomic mass is 9.89. The van der Waals surface area contributed by atoms with Gasteiger partial charge in [-0.15, -0.1) is 0 Å². The molecule has 2 heterocycles. The number of piperidine rings is 1. The van der Waals surface area contributed by atoms with Gasteiger partial charge < -0.3 is 5.32 Å². The van der Waals surface area contributed by atoms with E-state index in [0.29, 0.717) is 6.04 Å². The van der Waals surface area contributed by atoms with Gasteiger partial charge in [0, 0.05) is 18.4 Å². The summed E-state index contributed by atoms with van der Waals surface area (Å²) in [5, 5.41) is 3.55. The van der Waals surface area contributed by atoms with Gasteiger partial charge in [-0.1, -0.05) is 13.0 Å². The first-order valence-electron chi connectivity index (χ1n) is 5.01. The molecule has 0 radical (unpaired) electrons. The summed E-state index contributed by atoms with van der Waals surface area (Å²) >= 11 is 0. The third kappa shape index (κ3) is 1.89. The maximum absolute atomic E-state index is 4.15. The lowest BCUT2D eigenvalue weighted by Gasteiger charge is -2.30. The summed E-state index contributed by atoms with van der Waals surface area (Å²) in [5.41, 5.74) is 1.33. The van der Waals surface area contributed by atoms with Crippen molar-refractivity contribution in [3.05, 3.63) is 30.1 Å². The average Bonchev–Trinajstić information content (AvgIpc) is 2.20. The van der Waals surface area contributed by atoms with Gasteiger partial charge in [0.2, 0.25) is 0 Å². The lowest BCUT2D eigenvalue weighted by molar-refractivity contribution is 0.305. The smallest absolute Gasteiger partial charge is 0.0361 e. The monoisotopic (exact) mass is 176 g/mol. The highest BCUT2D eigenvalue weighted by atomic mass is 14.9. The van der Waals surface area contributed by atoms with Crippen molar-refractivity contribution in [3.8, 4) is 0 Å². The van der Waals surface area contributed by atoms with E-state index in [-0.39, 0.29) is 0 Å². The molecular formula is C11H16N2. The summed E-state index contributed by atoms with van der Waals surface area (Å²) in [4.78, 5) is 4.15. The van der Waals surface area contributed by atoms with Gasteiger partial charge in [-0.2, -0.15) is 0 Å². The highest BCUT2D eigenvalue weighted by Gasteiger charge is 2.21. The number of nitrogens with zero attached hydrogens (tertiary/aromatic N) is 1. The molecule has 0 bridgehead atoms. The van der Waals surface area contributed by atoms with Crippen LogP contribution in [0.4, 0.5) is 0 Å². The van der Waals surface area contributed by atoms with Gasteiger partial charge in [-0.05, 0) is 36.9 Å². The number of hydrogen-bond acceptors (Lipinski definition) is 2. The first-order chi connectivity index (χ1) is 6.38. The molecule has 2 heteroatoms. The van der Waals surface area contributed by atoms with Crippen molar-refractivity contribution in [3.63, 3.8) is 0 Å². The summed E-state index contributed by atoms with van der Waals surface area (Å²) in [5.74, 6) is 0.734. The second-order valence-corrected chi connectivity index (χ2v) is 3.84. The van der Waals surface area contributed by atoms with Crippen molar-refractivity contribution >= 4 is 0 Å². The molecule has 1 aromatic rings. The highest BCUT2D eigenvalue weighted by Crippen LogP contribution is 2.27. The summed E-state index contributed by atoms with van der Waals surface area (Å²) in [6, 6.07) is 4.69. The average molecular weight is 176 g/mol. The van der Waals surface area contributed by atoms with Crippen LogP contribution in [0.15, 0.2) is 24.5 Å². The van der Waals surface area contributed by atoms with Crippen molar-refractivity contribution in [2.75, 3.05) is 6.54 Å². The molecule has 2 nitrogen and oxygen atoms in total. The molecule has 1 aliphatic heterocycles. The van der Waals surface area contributed by atoms with Gasteiger partial charge in [-0.3, -0.25) is 4.98 Å². The molecule has 1 saturated heterocycles. The number of rotatable bonds is 1. The molecule has 0 amide bonds. The van der Waals surface area contributed by atoms with E-state index >= 15 is 0 Å². The first-order valence-corrected chi connectivity index (χ1v) is 5.01. The van der Waals surface area contributed by atoms with E-state index in [1.54, 1.807) is 0 Å². The van der Waals surface area contributed by atoms with Gasteiger partial charge in [0.1, 0.15) is 0 Å². The van der Waals surface area contributed by atoms with Crippen LogP contribution in [0.1, 0.15) is 31.4 Å². The van der Waals surface area contributed by atoms with Crippen LogP contribution in [0.2, 0.25) is 0 Å². The molecule has 0 saturated carbocycles. The molecule has 2 rings (SSSR count). The fraction of sp³-hybridized carbons (Fsp3) is 0.545. The predicted octanol–water partition coefficient (Wildman–Crippen LogP) is 2.14. The van der Waals surface area contributed by atoms with Crippen LogP contribution >= 0.6 is 0 Å². The van der Waals surface area contributed by atoms with Crippen LogP contribution in [-0.4, -0.2) is 11.5 Å². The Morgan fingerprint density at radius 2 is 2.46 bits per heavy atom. The minimum atomic E-state index is 0.516. The highest BCUT2D eigenvalue weighted by molar-refractivity contribution is 5.15. The zero-order chi connectivity index (χ0) is 9.10. The fourth-order valence-electron chi connectivity index (χ4n) is 2.06. The largest absolute Gasteiger partial charge is 0.310 e. The predicted molar refractivity (Wildman–Crippen MR) is 53.4 cm³/mol. The van der Waals surface area contributed by atoms with Crippen molar-refractivity contribution in [1.29, 1.82) is 0 Å². The van der Waals surface area contributed by atoms with Gasteiger partial charge in [-0.25, -0.2) is 0 Å². The standard InChI is InChI=1S/C11H16N2/c1-9-4-2-7-13-11(9)10-5-3-6-12-8-10/h3,5-6,8-9,11,13H,2,4,7H2,1H3. The number of pyridine rings is 1. The minimum absolute atomic E-state index is 0.516. The molecule has 2 unspecified atom stereocenters. The van der Waals surface area contributed by atoms with E-state index < -0.39 is 0 Å². The molecule has 2 atom stereocenters. The molecule has 0 spiro atoms. The van der Waals surface area contributed by atoms with E-state index in [0.717, 1.165) is 12.5 Å². The van der Waals surface area contributed by atoms with E-state index in [1.807, 2.05) is 18.5 Å². The third-order valence-corrected chi connectivity index (χ3v) is 2.81. The Balaban J connectivity index is 2.15. The fourth-order valence-corrected chi connectivity index (χ4v) is 2.06. The summed E-state index contributed by atoms with van der Waals surface area (Å²) in [6.45, 7) is 3.45. The van der Waals surface area contributed by atoms with Crippen molar-refractivity contribution in [2.24, 2.45) is 5.92 Å². The normalized spacial score (nSPS) is 28.7. The van der Waals surface area contributed by atoms with Crippen molar-refractivity contribution in [2.45, 2.75) is 25.8 Å². The van der Waals surface area contributed by atoms with Crippen LogP contribution in [0.3, 0.4) is 0 Å². The van der Waals surface area contributed by atoms with Crippen molar-refractivity contribution < 1.29 is 0 Å². The molecule has 1 fully saturated rings. The first kappa shape index (κ1) is 8.70. The molecule has 70 valence electrons. The Morgan fingerprint density at radius 3 is 3.15 bits per heavy atom. The quantitative estimate of drug-likeness (QED) is 0.709. The number of aromatic nitrogens is 1. The van der Waals surface area contributed by atoms with Crippen LogP contribution in [0.25, 0.3) is 0 Å². The van der Waals surface area contributed by atoms with Gasteiger partial charge in [0.05, 0.1) is 0 Å². The van der Waals surface area contributed by atoms with Crippen LogP contribution in [0, 0.1) is 5.92 Å². The van der Waals surface area contributed by atoms with Gasteiger partial charge in [0.25, 0.3) is 0 Å². The Kier molecular flexibility index (Phi) is 2.60. The zero-order valence-corrected chi connectivity index (χ0v) is 8.03. The summed E-state index contributed by atoms with van der Waals surface area (Å²) in [6.07, 6.45) is 6.43. The zero-order valence-electron chi connectivity index (χ0n) is 8.03. The SMILES string of the molecule is CC1CCCNC1c1cccnc1. The molecule has 0 aromatic carbocycles. The second kappa shape index (κ2) is 3.88. The van der Waals surface area contributed by atoms with E-state index in [1.165, 1.54) is 18.4 Å². The summed E-state index contributed by atoms with van der Waals surface area (Å²) in [7, 11) is 0. The Labute approximate surface area is 79.4 Å². The Bertz CT molecular complexity index is 258. The van der Waals surface area contributed by atoms with E-state index in [9.17, 15) is 0 Å². The second-order valence-electron chi connectivity index (χ2n) is 3.84. The maximum Gasteiger partial charge on any atom is 0.0361 e. The number of hydrogen-bond donors (Lipinski definition) is 1. The topological polar surface area (TPSA) is 24.9 Å². The minimum Gasteiger partial charge on any atom is -0.310 e. The van der Waals surface area contributed by atoms with Crippen LogP contribution in [-0.2, 0) is 0 Å². The maximum atomic E-state index is 4.15. The summed E-state index contributed by atoms with van der Waals surface area (Å²) < 4.78 is 0. The van der Waals surface area contributed by atoms with Gasteiger partial charge in [0.15, 0.2) is 0 Å². The van der Waals surface area contributed by atoms with Crippen LogP contribution in [0.5, 0.6) is 0 Å². The Morgan fingerprint density at radius 1 is 1.54 bits per heavy atom. The van der Waals surface area contributed by atoms with Gasteiger partial charge >= 0.3 is 0 Å². The number of nitrogens with one attached hydrogen (secondary N) is 1. The van der Waals surface area contributed by atoms with E-state index in [4.69, 9.17) is 0 Å². The molecule has 1 aromatic heterocycles. The van der Waals surface area contributed by atoms with Crippen molar-refractivity contribution in [1.82, 2.24) is 10.3 Å². The van der Waals surface area contributed by atoms with E-state index in [2.05, 4.69) is 23.3 Å².